The third-order valence-corrected chi connectivity index (χ3v) is 11.3. The standard InChI is InChI=1S/C44H46N2/c1-4-7-12-31-18-20-32(21-19-31)35-24-27-46-41(28-35)39-16-9-8-15-38(39)40(6-3)44(46,25-5-2)29-36-30-45-26-11-14-34-23-22-33-13-10-17-37(36)42(33)43(34)45/h8-11,13-24,26-28,36,40H,4-7,12,25,29-30H2,1-3H3/q+2. The third kappa shape index (κ3) is 4.60. The number of pyridine rings is 2. The van der Waals surface area contributed by atoms with Gasteiger partial charge in [-0.05, 0) is 77.1 Å². The molecule has 0 radical (unpaired) electrons. The average molecular weight is 603 g/mol. The molecule has 4 aromatic carbocycles. The second-order valence-electron chi connectivity index (χ2n) is 13.9. The van der Waals surface area contributed by atoms with Crippen molar-refractivity contribution >= 4 is 21.7 Å². The first-order chi connectivity index (χ1) is 22.6. The minimum Gasteiger partial charge on any atom is -0.197 e. The van der Waals surface area contributed by atoms with Gasteiger partial charge in [-0.25, -0.2) is 0 Å². The number of benzene rings is 4. The molecule has 0 saturated heterocycles. The minimum atomic E-state index is -0.0245. The Labute approximate surface area is 274 Å². The summed E-state index contributed by atoms with van der Waals surface area (Å²) in [5.74, 6) is 0.873. The molecule has 2 heteroatoms. The van der Waals surface area contributed by atoms with Crippen LogP contribution in [0.4, 0.5) is 0 Å². The molecule has 3 unspecified atom stereocenters. The molecule has 0 fully saturated rings. The van der Waals surface area contributed by atoms with Gasteiger partial charge >= 0.3 is 0 Å². The normalized spacial score (nSPS) is 19.8. The van der Waals surface area contributed by atoms with Crippen LogP contribution < -0.4 is 9.13 Å². The highest BCUT2D eigenvalue weighted by Crippen LogP contribution is 2.51. The summed E-state index contributed by atoms with van der Waals surface area (Å²) in [4.78, 5) is 0. The summed E-state index contributed by atoms with van der Waals surface area (Å²) in [5, 5.41) is 4.15. The van der Waals surface area contributed by atoms with E-state index in [0.29, 0.717) is 11.8 Å². The molecule has 0 amide bonds. The summed E-state index contributed by atoms with van der Waals surface area (Å²) in [6, 6.07) is 39.6. The smallest absolute Gasteiger partial charge is 0.197 e. The van der Waals surface area contributed by atoms with Crippen LogP contribution in [0.1, 0.15) is 87.8 Å². The molecule has 2 aromatic heterocycles. The molecule has 2 aliphatic heterocycles. The van der Waals surface area contributed by atoms with Gasteiger partial charge in [0, 0.05) is 47.9 Å². The highest BCUT2D eigenvalue weighted by atomic mass is 15.1. The van der Waals surface area contributed by atoms with Gasteiger partial charge in [-0.15, -0.1) is 0 Å². The molecule has 0 bridgehead atoms. The highest BCUT2D eigenvalue weighted by molar-refractivity contribution is 6.05. The molecule has 2 nitrogen and oxygen atoms in total. The number of aromatic nitrogens is 2. The Kier molecular flexibility index (Phi) is 7.48. The molecule has 0 aliphatic carbocycles. The van der Waals surface area contributed by atoms with Crippen molar-refractivity contribution in [2.24, 2.45) is 0 Å². The number of nitrogens with zero attached hydrogens (tertiary/aromatic N) is 2. The maximum Gasteiger partial charge on any atom is 0.220 e. The first kappa shape index (κ1) is 29.1. The van der Waals surface area contributed by atoms with Crippen molar-refractivity contribution in [3.8, 4) is 22.4 Å². The van der Waals surface area contributed by atoms with E-state index in [0.717, 1.165) is 38.6 Å². The van der Waals surface area contributed by atoms with Crippen molar-refractivity contribution in [2.75, 3.05) is 0 Å². The van der Waals surface area contributed by atoms with Crippen LogP contribution >= 0.6 is 0 Å². The Morgan fingerprint density at radius 3 is 2.35 bits per heavy atom. The summed E-state index contributed by atoms with van der Waals surface area (Å²) in [7, 11) is 0. The zero-order chi connectivity index (χ0) is 31.3. The molecule has 0 spiro atoms. The number of hydrogen-bond acceptors (Lipinski definition) is 0. The predicted molar refractivity (Wildman–Crippen MR) is 191 cm³/mol. The van der Waals surface area contributed by atoms with Gasteiger partial charge in [-0.1, -0.05) is 93.9 Å². The van der Waals surface area contributed by atoms with Gasteiger partial charge in [-0.2, -0.15) is 9.13 Å². The van der Waals surface area contributed by atoms with E-state index in [4.69, 9.17) is 0 Å². The maximum absolute atomic E-state index is 2.73. The van der Waals surface area contributed by atoms with Crippen molar-refractivity contribution in [1.82, 2.24) is 0 Å². The van der Waals surface area contributed by atoms with Crippen molar-refractivity contribution in [3.63, 3.8) is 0 Å². The molecule has 2 aliphatic rings. The number of hydrogen-bond donors (Lipinski definition) is 0. The molecule has 3 atom stereocenters. The van der Waals surface area contributed by atoms with E-state index in [1.165, 1.54) is 73.6 Å². The van der Waals surface area contributed by atoms with Gasteiger partial charge in [0.05, 0.1) is 11.3 Å². The van der Waals surface area contributed by atoms with E-state index in [1.54, 1.807) is 0 Å². The maximum atomic E-state index is 2.73. The molecular weight excluding hydrogens is 556 g/mol. The van der Waals surface area contributed by atoms with Crippen LogP contribution in [0.15, 0.2) is 116 Å². The second kappa shape index (κ2) is 11.8. The van der Waals surface area contributed by atoms with Gasteiger partial charge in [0.25, 0.3) is 0 Å². The molecule has 0 saturated carbocycles. The second-order valence-corrected chi connectivity index (χ2v) is 13.9. The van der Waals surface area contributed by atoms with Crippen molar-refractivity contribution in [3.05, 3.63) is 132 Å². The van der Waals surface area contributed by atoms with Crippen molar-refractivity contribution < 1.29 is 9.13 Å². The van der Waals surface area contributed by atoms with Crippen LogP contribution in [0.5, 0.6) is 0 Å². The summed E-state index contributed by atoms with van der Waals surface area (Å²) < 4.78 is 5.28. The molecule has 8 rings (SSSR count). The van der Waals surface area contributed by atoms with Gasteiger partial charge in [0.1, 0.15) is 0 Å². The Balaban J connectivity index is 1.29. The Hall–Kier alpha value is -4.30. The average Bonchev–Trinajstić information content (AvgIpc) is 3.10. The monoisotopic (exact) mass is 602 g/mol. The van der Waals surface area contributed by atoms with Gasteiger partial charge in [-0.3, -0.25) is 0 Å². The van der Waals surface area contributed by atoms with E-state index in [1.807, 2.05) is 0 Å². The molecule has 4 heterocycles. The topological polar surface area (TPSA) is 7.76 Å². The summed E-state index contributed by atoms with van der Waals surface area (Å²) in [6.45, 7) is 8.09. The Morgan fingerprint density at radius 2 is 1.52 bits per heavy atom. The SMILES string of the molecule is CCCCc1ccc(-c2cc[n+]3c(c2)-c2ccccc2C(CC)C3(CCC)CC2C[n+]3cccc4ccc5cccc2c5c43)cc1. The number of fused-ring (bicyclic) bond motifs is 3. The number of aryl methyl sites for hydroxylation is 1. The van der Waals surface area contributed by atoms with Gasteiger partial charge in [0.15, 0.2) is 24.5 Å². The van der Waals surface area contributed by atoms with Crippen molar-refractivity contribution in [2.45, 2.75) is 89.6 Å². The molecule has 230 valence electrons. The largest absolute Gasteiger partial charge is 0.220 e. The predicted octanol–water partition coefficient (Wildman–Crippen LogP) is 10.4. The van der Waals surface area contributed by atoms with Crippen LogP contribution in [-0.4, -0.2) is 0 Å². The minimum absolute atomic E-state index is 0.0245. The molecule has 6 aromatic rings. The zero-order valence-corrected chi connectivity index (χ0v) is 27.7. The van der Waals surface area contributed by atoms with Crippen LogP contribution in [0, 0.1) is 0 Å². The number of rotatable bonds is 9. The van der Waals surface area contributed by atoms with E-state index < -0.39 is 0 Å². The highest BCUT2D eigenvalue weighted by Gasteiger charge is 2.54. The number of unbranched alkanes of at least 4 members (excludes halogenated alkanes) is 1. The first-order valence-corrected chi connectivity index (χ1v) is 17.7. The third-order valence-electron chi connectivity index (χ3n) is 11.3. The summed E-state index contributed by atoms with van der Waals surface area (Å²) in [6.07, 6.45) is 13.0. The zero-order valence-electron chi connectivity index (χ0n) is 27.7. The Morgan fingerprint density at radius 1 is 0.717 bits per heavy atom. The summed E-state index contributed by atoms with van der Waals surface area (Å²) in [5.41, 5.74) is 11.2. The van der Waals surface area contributed by atoms with E-state index >= 15 is 0 Å². The molecule has 0 N–H and O–H groups in total. The van der Waals surface area contributed by atoms with E-state index in [-0.39, 0.29) is 5.54 Å². The van der Waals surface area contributed by atoms with Gasteiger partial charge < -0.3 is 0 Å². The lowest BCUT2D eigenvalue weighted by atomic mass is 9.65. The lowest BCUT2D eigenvalue weighted by Crippen LogP contribution is -2.63. The van der Waals surface area contributed by atoms with Crippen LogP contribution in [0.25, 0.3) is 44.1 Å². The van der Waals surface area contributed by atoms with Crippen LogP contribution in [0.3, 0.4) is 0 Å². The first-order valence-electron chi connectivity index (χ1n) is 17.7. The van der Waals surface area contributed by atoms with Crippen LogP contribution in [0.2, 0.25) is 0 Å². The van der Waals surface area contributed by atoms with Gasteiger partial charge in [0.2, 0.25) is 11.2 Å². The van der Waals surface area contributed by atoms with E-state index in [2.05, 4.69) is 145 Å². The summed E-state index contributed by atoms with van der Waals surface area (Å²) >= 11 is 0. The lowest BCUT2D eigenvalue weighted by Gasteiger charge is -2.42. The fourth-order valence-corrected chi connectivity index (χ4v) is 9.28. The quantitative estimate of drug-likeness (QED) is 0.115. The fraction of sp³-hybridized carbons (Fsp3) is 0.318. The molecular formula is C44H46N2+2. The van der Waals surface area contributed by atoms with Crippen LogP contribution in [-0.2, 0) is 18.5 Å². The fourth-order valence-electron chi connectivity index (χ4n) is 9.28. The molecule has 46 heavy (non-hydrogen) atoms. The lowest BCUT2D eigenvalue weighted by molar-refractivity contribution is -0.766. The van der Waals surface area contributed by atoms with E-state index in [9.17, 15) is 0 Å². The van der Waals surface area contributed by atoms with Crippen molar-refractivity contribution in [1.29, 1.82) is 0 Å². The Bertz CT molecular complexity index is 2060.